The highest BCUT2D eigenvalue weighted by Crippen LogP contribution is 2.01. The molecule has 1 atom stereocenters. The van der Waals surface area contributed by atoms with E-state index < -0.39 is 18.0 Å². The Hall–Kier alpha value is -2.12. The zero-order chi connectivity index (χ0) is 13.5. The lowest BCUT2D eigenvalue weighted by Crippen LogP contribution is -2.48. The lowest BCUT2D eigenvalue weighted by atomic mass is 10.1. The molecule has 0 saturated carbocycles. The van der Waals surface area contributed by atoms with Gasteiger partial charge in [-0.1, -0.05) is 19.0 Å². The lowest BCUT2D eigenvalue weighted by molar-refractivity contribution is -0.140. The fraction of sp³-hybridized carbons (Fsp3) is 0.600. The Bertz CT molecular complexity index is 391. The van der Waals surface area contributed by atoms with Gasteiger partial charge in [0.2, 0.25) is 5.89 Å². The van der Waals surface area contributed by atoms with Crippen LogP contribution in [0.15, 0.2) is 10.9 Å². The number of hydrogen-bond acceptors (Lipinski definition) is 5. The molecule has 0 aliphatic rings. The van der Waals surface area contributed by atoms with E-state index in [1.807, 2.05) is 0 Å². The van der Waals surface area contributed by atoms with Gasteiger partial charge in [0.1, 0.15) is 6.04 Å². The first kappa shape index (κ1) is 13.9. The van der Waals surface area contributed by atoms with Crippen LogP contribution in [0.4, 0.5) is 4.79 Å². The fourth-order valence-corrected chi connectivity index (χ4v) is 1.29. The minimum absolute atomic E-state index is 0.191. The van der Waals surface area contributed by atoms with E-state index in [1.165, 1.54) is 6.33 Å². The normalized spacial score (nSPS) is 12.2. The number of carbonyl (C=O) groups is 2. The first-order valence-corrected chi connectivity index (χ1v) is 5.53. The molecule has 0 aliphatic carbocycles. The van der Waals surface area contributed by atoms with Crippen molar-refractivity contribution in [3.8, 4) is 0 Å². The van der Waals surface area contributed by atoms with Crippen molar-refractivity contribution in [3.05, 3.63) is 12.2 Å². The summed E-state index contributed by atoms with van der Waals surface area (Å²) in [6.45, 7) is 3.73. The maximum absolute atomic E-state index is 11.4. The Morgan fingerprint density at radius 1 is 1.50 bits per heavy atom. The average molecular weight is 256 g/mol. The fourth-order valence-electron chi connectivity index (χ4n) is 1.29. The maximum Gasteiger partial charge on any atom is 0.326 e. The molecule has 2 amide bonds. The quantitative estimate of drug-likeness (QED) is 0.660. The first-order valence-electron chi connectivity index (χ1n) is 5.53. The van der Waals surface area contributed by atoms with Crippen LogP contribution in [0.2, 0.25) is 0 Å². The molecule has 3 N–H and O–H groups in total. The number of amides is 2. The second-order valence-corrected chi connectivity index (χ2v) is 4.05. The average Bonchev–Trinajstić information content (AvgIpc) is 2.78. The van der Waals surface area contributed by atoms with Gasteiger partial charge in [-0.05, 0) is 5.92 Å². The SMILES string of the molecule is CC(C)[C@@H](NC(=O)NCCc1ncno1)C(=O)O. The van der Waals surface area contributed by atoms with Gasteiger partial charge in [-0.25, -0.2) is 9.59 Å². The maximum atomic E-state index is 11.4. The molecule has 0 spiro atoms. The van der Waals surface area contributed by atoms with Gasteiger partial charge >= 0.3 is 12.0 Å². The van der Waals surface area contributed by atoms with Gasteiger partial charge in [0.25, 0.3) is 0 Å². The van der Waals surface area contributed by atoms with E-state index >= 15 is 0 Å². The Labute approximate surface area is 104 Å². The second-order valence-electron chi connectivity index (χ2n) is 4.05. The topological polar surface area (TPSA) is 117 Å². The Balaban J connectivity index is 2.30. The molecule has 0 aliphatic heterocycles. The van der Waals surface area contributed by atoms with Crippen molar-refractivity contribution in [2.24, 2.45) is 5.92 Å². The molecule has 0 fully saturated rings. The Kier molecular flexibility index (Phi) is 5.09. The predicted molar refractivity (Wildman–Crippen MR) is 60.8 cm³/mol. The monoisotopic (exact) mass is 256 g/mol. The molecule has 18 heavy (non-hydrogen) atoms. The lowest BCUT2D eigenvalue weighted by Gasteiger charge is -2.17. The highest BCUT2D eigenvalue weighted by Gasteiger charge is 2.23. The van der Waals surface area contributed by atoms with Crippen LogP contribution in [0, 0.1) is 5.92 Å². The molecule has 0 bridgehead atoms. The molecule has 1 aromatic heterocycles. The van der Waals surface area contributed by atoms with Crippen LogP contribution in [-0.2, 0) is 11.2 Å². The number of carboxylic acids is 1. The van der Waals surface area contributed by atoms with E-state index in [0.29, 0.717) is 18.9 Å². The van der Waals surface area contributed by atoms with Crippen molar-refractivity contribution >= 4 is 12.0 Å². The number of carboxylic acid groups (broad SMARTS) is 1. The van der Waals surface area contributed by atoms with Crippen LogP contribution in [0.25, 0.3) is 0 Å². The number of aliphatic carboxylic acids is 1. The summed E-state index contributed by atoms with van der Waals surface area (Å²) >= 11 is 0. The van der Waals surface area contributed by atoms with Gasteiger partial charge < -0.3 is 20.3 Å². The van der Waals surface area contributed by atoms with Crippen molar-refractivity contribution in [2.75, 3.05) is 6.54 Å². The predicted octanol–water partition coefficient (Wildman–Crippen LogP) is 0.0205. The highest BCUT2D eigenvalue weighted by molar-refractivity contribution is 5.82. The van der Waals surface area contributed by atoms with Crippen LogP contribution in [0.5, 0.6) is 0 Å². The molecule has 1 aromatic rings. The minimum Gasteiger partial charge on any atom is -0.480 e. The molecular formula is C10H16N4O4. The summed E-state index contributed by atoms with van der Waals surface area (Å²) in [5.74, 6) is -0.838. The molecule has 0 aromatic carbocycles. The van der Waals surface area contributed by atoms with Gasteiger partial charge in [0.15, 0.2) is 6.33 Å². The van der Waals surface area contributed by atoms with Crippen LogP contribution in [0.3, 0.4) is 0 Å². The molecule has 0 saturated heterocycles. The van der Waals surface area contributed by atoms with Crippen molar-refractivity contribution in [2.45, 2.75) is 26.3 Å². The molecule has 8 heteroatoms. The summed E-state index contributed by atoms with van der Waals surface area (Å²) in [6.07, 6.45) is 1.67. The van der Waals surface area contributed by atoms with Crippen LogP contribution < -0.4 is 10.6 Å². The highest BCUT2D eigenvalue weighted by atomic mass is 16.5. The van der Waals surface area contributed by atoms with Crippen molar-refractivity contribution in [3.63, 3.8) is 0 Å². The number of carbonyl (C=O) groups excluding carboxylic acids is 1. The number of urea groups is 1. The number of hydrogen-bond donors (Lipinski definition) is 3. The van der Waals surface area contributed by atoms with Crippen LogP contribution >= 0.6 is 0 Å². The molecule has 100 valence electrons. The molecule has 8 nitrogen and oxygen atoms in total. The second kappa shape index (κ2) is 6.58. The van der Waals surface area contributed by atoms with Gasteiger partial charge in [0.05, 0.1) is 0 Å². The van der Waals surface area contributed by atoms with E-state index in [9.17, 15) is 9.59 Å². The number of aromatic nitrogens is 2. The smallest absolute Gasteiger partial charge is 0.326 e. The summed E-state index contributed by atoms with van der Waals surface area (Å²) in [4.78, 5) is 26.1. The van der Waals surface area contributed by atoms with E-state index in [2.05, 4.69) is 20.8 Å². The summed E-state index contributed by atoms with van der Waals surface area (Å²) in [5, 5.41) is 17.2. The van der Waals surface area contributed by atoms with E-state index in [4.69, 9.17) is 9.63 Å². The van der Waals surface area contributed by atoms with Crippen molar-refractivity contribution in [1.29, 1.82) is 0 Å². The Morgan fingerprint density at radius 3 is 2.72 bits per heavy atom. The van der Waals surface area contributed by atoms with E-state index in [1.54, 1.807) is 13.8 Å². The zero-order valence-corrected chi connectivity index (χ0v) is 10.2. The number of nitrogens with one attached hydrogen (secondary N) is 2. The molecule has 0 unspecified atom stereocenters. The van der Waals surface area contributed by atoms with E-state index in [-0.39, 0.29) is 5.92 Å². The summed E-state index contributed by atoms with van der Waals surface area (Å²) in [5.41, 5.74) is 0. The summed E-state index contributed by atoms with van der Waals surface area (Å²) in [7, 11) is 0. The van der Waals surface area contributed by atoms with Crippen molar-refractivity contribution in [1.82, 2.24) is 20.8 Å². The molecular weight excluding hydrogens is 240 g/mol. The largest absolute Gasteiger partial charge is 0.480 e. The minimum atomic E-state index is -1.06. The van der Waals surface area contributed by atoms with E-state index in [0.717, 1.165) is 0 Å². The van der Waals surface area contributed by atoms with Gasteiger partial charge in [0, 0.05) is 13.0 Å². The summed E-state index contributed by atoms with van der Waals surface area (Å²) in [6, 6.07) is -1.44. The first-order chi connectivity index (χ1) is 8.50. The molecule has 0 radical (unpaired) electrons. The number of rotatable bonds is 6. The standard InChI is InChI=1S/C10H16N4O4/c1-6(2)8(9(15)16)14-10(17)11-4-3-7-12-5-13-18-7/h5-6,8H,3-4H2,1-2H3,(H,15,16)(H2,11,14,17)/t8-/m1/s1. The summed E-state index contributed by atoms with van der Waals surface area (Å²) < 4.78 is 4.75. The zero-order valence-electron chi connectivity index (χ0n) is 10.2. The third kappa shape index (κ3) is 4.40. The van der Waals surface area contributed by atoms with Gasteiger partial charge in [-0.15, -0.1) is 0 Å². The molecule has 1 rings (SSSR count). The number of nitrogens with zero attached hydrogens (tertiary/aromatic N) is 2. The van der Waals surface area contributed by atoms with Crippen molar-refractivity contribution < 1.29 is 19.2 Å². The molecule has 1 heterocycles. The van der Waals surface area contributed by atoms with Crippen LogP contribution in [0.1, 0.15) is 19.7 Å². The third-order valence-corrected chi connectivity index (χ3v) is 2.25. The van der Waals surface area contributed by atoms with Crippen LogP contribution in [-0.4, -0.2) is 39.8 Å². The van der Waals surface area contributed by atoms with Gasteiger partial charge in [-0.3, -0.25) is 0 Å². The Morgan fingerprint density at radius 2 is 2.22 bits per heavy atom. The third-order valence-electron chi connectivity index (χ3n) is 2.25. The van der Waals surface area contributed by atoms with Gasteiger partial charge in [-0.2, -0.15) is 4.98 Å².